The van der Waals surface area contributed by atoms with Gasteiger partial charge in [0.05, 0.1) is 12.5 Å². The Morgan fingerprint density at radius 1 is 0.778 bits per heavy atom. The summed E-state index contributed by atoms with van der Waals surface area (Å²) in [6, 6.07) is 16.6. The zero-order valence-electron chi connectivity index (χ0n) is 20.7. The van der Waals surface area contributed by atoms with Gasteiger partial charge >= 0.3 is 6.09 Å². The van der Waals surface area contributed by atoms with Crippen LogP contribution in [0.25, 0.3) is 0 Å². The van der Waals surface area contributed by atoms with Crippen LogP contribution in [0.15, 0.2) is 74.2 Å². The number of anilines is 2. The lowest BCUT2D eigenvalue weighted by Gasteiger charge is -2.39. The number of rotatable bonds is 15. The quantitative estimate of drug-likeness (QED) is 0.101. The van der Waals surface area contributed by atoms with Gasteiger partial charge in [0.2, 0.25) is 0 Å². The predicted octanol–water partition coefficient (Wildman–Crippen LogP) is 6.12. The van der Waals surface area contributed by atoms with E-state index in [0.29, 0.717) is 18.9 Å². The Morgan fingerprint density at radius 2 is 1.36 bits per heavy atom. The van der Waals surface area contributed by atoms with Crippen LogP contribution in [0.4, 0.5) is 16.2 Å². The summed E-state index contributed by atoms with van der Waals surface area (Å²) in [4.78, 5) is 22.1. The lowest BCUT2D eigenvalue weighted by Crippen LogP contribution is -2.30. The van der Waals surface area contributed by atoms with E-state index in [0.717, 1.165) is 18.5 Å². The van der Waals surface area contributed by atoms with E-state index in [-0.39, 0.29) is 25.4 Å². The van der Waals surface area contributed by atoms with Gasteiger partial charge in [0, 0.05) is 16.8 Å². The minimum absolute atomic E-state index is 0.0530. The summed E-state index contributed by atoms with van der Waals surface area (Å²) in [6.07, 6.45) is 7.96. The van der Waals surface area contributed by atoms with E-state index >= 15 is 0 Å². The highest BCUT2D eigenvalue weighted by atomic mass is 17.2. The van der Waals surface area contributed by atoms with Crippen molar-refractivity contribution >= 4 is 17.5 Å². The van der Waals surface area contributed by atoms with Crippen LogP contribution in [-0.4, -0.2) is 39.3 Å². The first-order valence-corrected chi connectivity index (χ1v) is 12.3. The molecular formula is C28H36N2O6. The second kappa shape index (κ2) is 14.8. The predicted molar refractivity (Wildman–Crippen MR) is 140 cm³/mol. The number of amides is 1. The number of nitrogens with one attached hydrogen (secondary N) is 2. The van der Waals surface area contributed by atoms with Gasteiger partial charge < -0.3 is 19.5 Å². The molecule has 1 saturated carbocycles. The molecule has 3 rings (SSSR count). The van der Waals surface area contributed by atoms with Crippen molar-refractivity contribution in [3.8, 4) is 0 Å². The lowest BCUT2D eigenvalue weighted by molar-refractivity contribution is -0.292. The number of hydrogen-bond acceptors (Lipinski definition) is 7. The van der Waals surface area contributed by atoms with E-state index in [2.05, 4.69) is 60.2 Å². The summed E-state index contributed by atoms with van der Waals surface area (Å²) in [5.41, 5.74) is 4.13. The largest absolute Gasteiger partial charge is 0.499 e. The van der Waals surface area contributed by atoms with Crippen molar-refractivity contribution in [2.24, 2.45) is 0 Å². The Kier molecular flexibility index (Phi) is 11.1. The second-order valence-corrected chi connectivity index (χ2v) is 8.39. The van der Waals surface area contributed by atoms with Gasteiger partial charge in [0.25, 0.3) is 0 Å². The smallest absolute Gasteiger partial charge is 0.411 e. The van der Waals surface area contributed by atoms with E-state index in [4.69, 9.17) is 24.0 Å². The molecule has 1 amide bonds. The third-order valence-electron chi connectivity index (χ3n) is 6.20. The van der Waals surface area contributed by atoms with Gasteiger partial charge in [-0.2, -0.15) is 0 Å². The molecule has 0 unspecified atom stereocenters. The van der Waals surface area contributed by atoms with Gasteiger partial charge in [-0.3, -0.25) is 5.32 Å². The summed E-state index contributed by atoms with van der Waals surface area (Å²) >= 11 is 0. The Balaban J connectivity index is 1.60. The molecule has 0 bridgehead atoms. The molecule has 0 aromatic heterocycles. The molecule has 1 aliphatic carbocycles. The molecule has 1 aliphatic rings. The number of benzene rings is 2. The van der Waals surface area contributed by atoms with Crippen molar-refractivity contribution in [2.45, 2.75) is 37.5 Å². The molecule has 1 fully saturated rings. The van der Waals surface area contributed by atoms with Crippen LogP contribution in [0.1, 0.15) is 43.2 Å². The Morgan fingerprint density at radius 3 is 1.97 bits per heavy atom. The van der Waals surface area contributed by atoms with Crippen LogP contribution in [-0.2, 0) is 29.4 Å². The summed E-state index contributed by atoms with van der Waals surface area (Å²) < 4.78 is 15.0. The summed E-state index contributed by atoms with van der Waals surface area (Å²) in [5.74, 6) is 0. The molecule has 0 heterocycles. The SMILES string of the molecule is C=COCCOOCNc1ccc(C2(c3ccc(NC(=O)OCCOC=C)cc3)CCCCC2)cc1. The molecule has 0 radical (unpaired) electrons. The van der Waals surface area contributed by atoms with Gasteiger partial charge in [-0.1, -0.05) is 56.7 Å². The van der Waals surface area contributed by atoms with E-state index in [9.17, 15) is 4.79 Å². The van der Waals surface area contributed by atoms with Gasteiger partial charge in [-0.05, 0) is 48.2 Å². The van der Waals surface area contributed by atoms with Crippen molar-refractivity contribution < 1.29 is 28.8 Å². The van der Waals surface area contributed by atoms with E-state index in [1.807, 2.05) is 12.1 Å². The van der Waals surface area contributed by atoms with E-state index < -0.39 is 6.09 Å². The molecule has 0 saturated heterocycles. The molecule has 2 aromatic rings. The average Bonchev–Trinajstić information content (AvgIpc) is 2.92. The normalized spacial score (nSPS) is 14.3. The molecule has 8 nitrogen and oxygen atoms in total. The first-order valence-electron chi connectivity index (χ1n) is 12.3. The van der Waals surface area contributed by atoms with Crippen molar-refractivity contribution in [1.29, 1.82) is 0 Å². The molecule has 2 aromatic carbocycles. The number of carbonyl (C=O) groups is 1. The number of ether oxygens (including phenoxy) is 3. The molecule has 0 aliphatic heterocycles. The topological polar surface area (TPSA) is 87.3 Å². The third-order valence-corrected chi connectivity index (χ3v) is 6.20. The summed E-state index contributed by atoms with van der Waals surface area (Å²) in [7, 11) is 0. The van der Waals surface area contributed by atoms with Gasteiger partial charge in [0.15, 0.2) is 6.73 Å². The second-order valence-electron chi connectivity index (χ2n) is 8.39. The van der Waals surface area contributed by atoms with Crippen molar-refractivity contribution in [2.75, 3.05) is 43.8 Å². The van der Waals surface area contributed by atoms with Crippen LogP contribution < -0.4 is 10.6 Å². The number of hydrogen-bond donors (Lipinski definition) is 2. The van der Waals surface area contributed by atoms with Crippen molar-refractivity contribution in [1.82, 2.24) is 0 Å². The van der Waals surface area contributed by atoms with Crippen molar-refractivity contribution in [3.05, 3.63) is 85.3 Å². The molecule has 36 heavy (non-hydrogen) atoms. The molecule has 8 heteroatoms. The average molecular weight is 497 g/mol. The third kappa shape index (κ3) is 8.03. The Labute approximate surface area is 213 Å². The van der Waals surface area contributed by atoms with Crippen LogP contribution in [0.5, 0.6) is 0 Å². The molecule has 0 spiro atoms. The van der Waals surface area contributed by atoms with Gasteiger partial charge in [-0.25, -0.2) is 14.6 Å². The highest BCUT2D eigenvalue weighted by Crippen LogP contribution is 2.45. The minimum Gasteiger partial charge on any atom is -0.499 e. The van der Waals surface area contributed by atoms with Crippen molar-refractivity contribution in [3.63, 3.8) is 0 Å². The molecule has 0 atom stereocenters. The molecular weight excluding hydrogens is 460 g/mol. The molecule has 2 N–H and O–H groups in total. The van der Waals surface area contributed by atoms with E-state index in [1.54, 1.807) is 0 Å². The Bertz CT molecular complexity index is 940. The maximum atomic E-state index is 12.0. The van der Waals surface area contributed by atoms with Crippen LogP contribution in [0.3, 0.4) is 0 Å². The zero-order valence-corrected chi connectivity index (χ0v) is 20.7. The maximum absolute atomic E-state index is 12.0. The fourth-order valence-corrected chi connectivity index (χ4v) is 4.48. The van der Waals surface area contributed by atoms with Crippen LogP contribution in [0.2, 0.25) is 0 Å². The first-order chi connectivity index (χ1) is 17.7. The Hall–Kier alpha value is -3.49. The fourth-order valence-electron chi connectivity index (χ4n) is 4.48. The number of carbonyl (C=O) groups excluding carboxylic acids is 1. The van der Waals surface area contributed by atoms with Gasteiger partial charge in [-0.15, -0.1) is 0 Å². The zero-order chi connectivity index (χ0) is 25.5. The summed E-state index contributed by atoms with van der Waals surface area (Å²) in [5, 5.41) is 5.96. The monoisotopic (exact) mass is 496 g/mol. The maximum Gasteiger partial charge on any atom is 0.411 e. The van der Waals surface area contributed by atoms with Crippen LogP contribution in [0, 0.1) is 0 Å². The minimum atomic E-state index is -0.509. The van der Waals surface area contributed by atoms with E-state index in [1.165, 1.54) is 42.9 Å². The van der Waals surface area contributed by atoms with Crippen LogP contribution >= 0.6 is 0 Å². The highest BCUT2D eigenvalue weighted by molar-refractivity contribution is 5.84. The molecule has 194 valence electrons. The summed E-state index contributed by atoms with van der Waals surface area (Å²) in [6.45, 7) is 8.32. The van der Waals surface area contributed by atoms with Gasteiger partial charge in [0.1, 0.15) is 26.4 Å². The first kappa shape index (κ1) is 27.1. The standard InChI is InChI=1S/C28H36N2O6/c1-3-32-18-20-34-27(31)30-26-14-10-24(11-15-26)28(16-6-5-7-17-28)23-8-12-25(13-9-23)29-22-36-35-21-19-33-4-2/h3-4,8-15,29H,1-2,5-7,16-22H2,(H,30,31). The fraction of sp³-hybridized carbons (Fsp3) is 0.393. The highest BCUT2D eigenvalue weighted by Gasteiger charge is 2.35. The lowest BCUT2D eigenvalue weighted by atomic mass is 9.65.